The number of halogens is 2. The van der Waals surface area contributed by atoms with Crippen molar-refractivity contribution in [1.29, 1.82) is 0 Å². The normalized spacial score (nSPS) is 12.4. The van der Waals surface area contributed by atoms with E-state index in [2.05, 4.69) is 4.98 Å². The summed E-state index contributed by atoms with van der Waals surface area (Å²) in [7, 11) is 0. The fourth-order valence-electron chi connectivity index (χ4n) is 3.15. The highest BCUT2D eigenvalue weighted by Crippen LogP contribution is 2.31. The third-order valence-electron chi connectivity index (χ3n) is 4.63. The maximum Gasteiger partial charge on any atom is 0.262 e. The van der Waals surface area contributed by atoms with E-state index in [1.165, 1.54) is 28.3 Å². The molecule has 2 aromatic heterocycles. The zero-order valence-electron chi connectivity index (χ0n) is 14.9. The Balaban J connectivity index is 1.77. The molecule has 4 rings (SSSR count). The van der Waals surface area contributed by atoms with E-state index in [1.54, 1.807) is 0 Å². The highest BCUT2D eigenvalue weighted by Gasteiger charge is 2.20. The molecule has 0 spiro atoms. The van der Waals surface area contributed by atoms with Crippen molar-refractivity contribution in [1.82, 2.24) is 9.55 Å². The molecule has 0 saturated carbocycles. The minimum atomic E-state index is -1.51. The predicted molar refractivity (Wildman–Crippen MR) is 105 cm³/mol. The fourth-order valence-corrected chi connectivity index (χ4v) is 4.06. The summed E-state index contributed by atoms with van der Waals surface area (Å²) in [6.45, 7) is 1.68. The Morgan fingerprint density at radius 2 is 1.82 bits per heavy atom. The van der Waals surface area contributed by atoms with Crippen LogP contribution in [0.1, 0.15) is 17.2 Å². The van der Waals surface area contributed by atoms with Crippen molar-refractivity contribution >= 4 is 21.6 Å². The average molecular weight is 398 g/mol. The lowest BCUT2D eigenvalue weighted by molar-refractivity contribution is 0.145. The first-order valence-corrected chi connectivity index (χ1v) is 9.49. The minimum absolute atomic E-state index is 0.303. The molecule has 0 fully saturated rings. The first-order valence-electron chi connectivity index (χ1n) is 8.61. The van der Waals surface area contributed by atoms with Crippen LogP contribution in [0.15, 0.2) is 59.0 Å². The van der Waals surface area contributed by atoms with Gasteiger partial charge in [0.2, 0.25) is 0 Å². The molecule has 4 aromatic rings. The number of thiophene rings is 1. The summed E-state index contributed by atoms with van der Waals surface area (Å²) >= 11 is 1.35. The number of benzene rings is 2. The van der Waals surface area contributed by atoms with E-state index in [1.807, 2.05) is 36.6 Å². The number of hydrogen-bond acceptors (Lipinski definition) is 4. The standard InChI is InChI=1S/C21H16F2N2O2S/c1-12-5-7-13(8-6-12)14-10-28-20-18(14)21(27)25(11-24-20)9-17(26)19-15(22)3-2-4-16(19)23/h2-8,10-11,17,26H,9H2,1H3. The van der Waals surface area contributed by atoms with E-state index in [9.17, 15) is 18.7 Å². The molecule has 0 aliphatic carbocycles. The van der Waals surface area contributed by atoms with Crippen LogP contribution < -0.4 is 5.56 Å². The second-order valence-corrected chi connectivity index (χ2v) is 7.41. The van der Waals surface area contributed by atoms with Crippen molar-refractivity contribution in [2.45, 2.75) is 19.6 Å². The lowest BCUT2D eigenvalue weighted by Gasteiger charge is -2.14. The third-order valence-corrected chi connectivity index (χ3v) is 5.51. The van der Waals surface area contributed by atoms with Crippen LogP contribution >= 0.6 is 11.3 Å². The van der Waals surface area contributed by atoms with Crippen LogP contribution in [0, 0.1) is 18.6 Å². The van der Waals surface area contributed by atoms with Crippen LogP contribution in [-0.2, 0) is 6.54 Å². The van der Waals surface area contributed by atoms with Crippen LogP contribution in [0.4, 0.5) is 8.78 Å². The number of aliphatic hydroxyl groups is 1. The summed E-state index contributed by atoms with van der Waals surface area (Å²) in [4.78, 5) is 17.9. The van der Waals surface area contributed by atoms with Crippen LogP contribution in [0.2, 0.25) is 0 Å². The number of aromatic nitrogens is 2. The molecule has 0 aliphatic heterocycles. The summed E-state index contributed by atoms with van der Waals surface area (Å²) < 4.78 is 29.0. The number of hydrogen-bond donors (Lipinski definition) is 1. The number of aliphatic hydroxyl groups excluding tert-OH is 1. The summed E-state index contributed by atoms with van der Waals surface area (Å²) in [5.41, 5.74) is 1.91. The SMILES string of the molecule is Cc1ccc(-c2csc3ncn(CC(O)c4c(F)cccc4F)c(=O)c23)cc1. The smallest absolute Gasteiger partial charge is 0.262 e. The summed E-state index contributed by atoms with van der Waals surface area (Å²) in [6, 6.07) is 11.1. The Kier molecular flexibility index (Phi) is 4.78. The lowest BCUT2D eigenvalue weighted by Crippen LogP contribution is -2.24. The van der Waals surface area contributed by atoms with E-state index < -0.39 is 23.3 Å². The van der Waals surface area contributed by atoms with Crippen LogP contribution in [0.5, 0.6) is 0 Å². The highest BCUT2D eigenvalue weighted by atomic mass is 32.1. The molecule has 1 atom stereocenters. The zero-order chi connectivity index (χ0) is 19.8. The number of fused-ring (bicyclic) bond motifs is 1. The van der Waals surface area contributed by atoms with Gasteiger partial charge in [-0.3, -0.25) is 9.36 Å². The maximum atomic E-state index is 13.9. The second kappa shape index (κ2) is 7.26. The van der Waals surface area contributed by atoms with E-state index in [-0.39, 0.29) is 12.1 Å². The van der Waals surface area contributed by atoms with Gasteiger partial charge in [0, 0.05) is 10.9 Å². The van der Waals surface area contributed by atoms with Gasteiger partial charge in [0.05, 0.1) is 23.8 Å². The van der Waals surface area contributed by atoms with E-state index in [0.717, 1.165) is 28.8 Å². The molecule has 2 heterocycles. The molecule has 0 radical (unpaired) electrons. The van der Waals surface area contributed by atoms with Crippen LogP contribution in [0.3, 0.4) is 0 Å². The van der Waals surface area contributed by atoms with Crippen molar-refractivity contribution in [2.24, 2.45) is 0 Å². The van der Waals surface area contributed by atoms with E-state index in [4.69, 9.17) is 0 Å². The molecular formula is C21H16F2N2O2S. The van der Waals surface area contributed by atoms with Gasteiger partial charge in [-0.2, -0.15) is 0 Å². The first-order chi connectivity index (χ1) is 13.5. The molecule has 0 amide bonds. The van der Waals surface area contributed by atoms with Crippen LogP contribution in [0.25, 0.3) is 21.3 Å². The zero-order valence-corrected chi connectivity index (χ0v) is 15.7. The molecule has 7 heteroatoms. The average Bonchev–Trinajstić information content (AvgIpc) is 3.09. The maximum absolute atomic E-state index is 13.9. The van der Waals surface area contributed by atoms with Gasteiger partial charge in [-0.05, 0) is 24.6 Å². The Morgan fingerprint density at radius 1 is 1.14 bits per heavy atom. The molecule has 142 valence electrons. The van der Waals surface area contributed by atoms with Gasteiger partial charge in [-0.1, -0.05) is 35.9 Å². The molecule has 28 heavy (non-hydrogen) atoms. The molecule has 0 saturated heterocycles. The number of aryl methyl sites for hydroxylation is 1. The first kappa shape index (κ1) is 18.5. The number of nitrogens with zero attached hydrogens (tertiary/aromatic N) is 2. The Labute approximate surface area is 163 Å². The van der Waals surface area contributed by atoms with Gasteiger partial charge in [0.1, 0.15) is 22.6 Å². The van der Waals surface area contributed by atoms with Gasteiger partial charge in [0.15, 0.2) is 0 Å². The van der Waals surface area contributed by atoms with Crippen molar-refractivity contribution in [2.75, 3.05) is 0 Å². The molecular weight excluding hydrogens is 382 g/mol. The number of rotatable bonds is 4. The molecule has 0 aliphatic rings. The quantitative estimate of drug-likeness (QED) is 0.553. The van der Waals surface area contributed by atoms with Gasteiger partial charge in [-0.15, -0.1) is 11.3 Å². The monoisotopic (exact) mass is 398 g/mol. The third kappa shape index (κ3) is 3.23. The van der Waals surface area contributed by atoms with Crippen molar-refractivity contribution < 1.29 is 13.9 Å². The van der Waals surface area contributed by atoms with E-state index >= 15 is 0 Å². The van der Waals surface area contributed by atoms with E-state index in [0.29, 0.717) is 10.2 Å². The van der Waals surface area contributed by atoms with Crippen molar-refractivity contribution in [3.63, 3.8) is 0 Å². The largest absolute Gasteiger partial charge is 0.386 e. The summed E-state index contributed by atoms with van der Waals surface area (Å²) in [5, 5.41) is 12.6. The highest BCUT2D eigenvalue weighted by molar-refractivity contribution is 7.17. The topological polar surface area (TPSA) is 55.1 Å². The fraction of sp³-hybridized carbons (Fsp3) is 0.143. The van der Waals surface area contributed by atoms with Gasteiger partial charge < -0.3 is 5.11 Å². The molecule has 0 bridgehead atoms. The Morgan fingerprint density at radius 3 is 2.50 bits per heavy atom. The van der Waals surface area contributed by atoms with Gasteiger partial charge in [-0.25, -0.2) is 13.8 Å². The second-order valence-electron chi connectivity index (χ2n) is 6.55. The molecule has 2 aromatic carbocycles. The van der Waals surface area contributed by atoms with Crippen LogP contribution in [-0.4, -0.2) is 14.7 Å². The predicted octanol–water partition coefficient (Wildman–Crippen LogP) is 4.45. The van der Waals surface area contributed by atoms with Crippen molar-refractivity contribution in [3.05, 3.63) is 87.3 Å². The van der Waals surface area contributed by atoms with Gasteiger partial charge in [0.25, 0.3) is 5.56 Å². The van der Waals surface area contributed by atoms with Gasteiger partial charge >= 0.3 is 0 Å². The molecule has 1 N–H and O–H groups in total. The molecule has 1 unspecified atom stereocenters. The minimum Gasteiger partial charge on any atom is -0.386 e. The van der Waals surface area contributed by atoms with Crippen molar-refractivity contribution in [3.8, 4) is 11.1 Å². The summed E-state index contributed by atoms with van der Waals surface area (Å²) in [5.74, 6) is -1.71. The Hall–Kier alpha value is -2.90. The Bertz CT molecular complexity index is 1200. The summed E-state index contributed by atoms with van der Waals surface area (Å²) in [6.07, 6.45) is -0.221. The molecule has 4 nitrogen and oxygen atoms in total. The lowest BCUT2D eigenvalue weighted by atomic mass is 10.0.